The van der Waals surface area contributed by atoms with Crippen LogP contribution < -0.4 is 0 Å². The van der Waals surface area contributed by atoms with Crippen LogP contribution in [0.5, 0.6) is 0 Å². The second-order valence-corrected chi connectivity index (χ2v) is 6.89. The summed E-state index contributed by atoms with van der Waals surface area (Å²) in [6, 6.07) is 2.20. The summed E-state index contributed by atoms with van der Waals surface area (Å²) in [5, 5.41) is 0. The van der Waals surface area contributed by atoms with Crippen molar-refractivity contribution in [2.24, 2.45) is 5.92 Å². The topological polar surface area (TPSA) is 45.9 Å². The molecule has 22 heavy (non-hydrogen) atoms. The molecule has 2 atom stereocenters. The van der Waals surface area contributed by atoms with Crippen LogP contribution in [-0.4, -0.2) is 60.6 Å². The van der Waals surface area contributed by atoms with Gasteiger partial charge in [-0.05, 0) is 38.2 Å². The number of ether oxygens (including phenoxy) is 1. The van der Waals surface area contributed by atoms with Gasteiger partial charge >= 0.3 is 0 Å². The Kier molecular flexibility index (Phi) is 3.70. The zero-order chi connectivity index (χ0) is 15.1. The molecule has 1 aliphatic carbocycles. The number of carbonyl (C=O) groups excluding carboxylic acids is 1. The average molecular weight is 304 g/mol. The zero-order valence-corrected chi connectivity index (χ0v) is 13.2. The maximum absolute atomic E-state index is 12.7. The van der Waals surface area contributed by atoms with Crippen molar-refractivity contribution in [3.63, 3.8) is 0 Å². The van der Waals surface area contributed by atoms with Crippen LogP contribution >= 0.6 is 0 Å². The van der Waals surface area contributed by atoms with Crippen LogP contribution in [0.2, 0.25) is 0 Å². The third kappa shape index (κ3) is 2.68. The highest BCUT2D eigenvalue weighted by molar-refractivity contribution is 5.92. The molecule has 5 heteroatoms. The Bertz CT molecular complexity index is 552. The summed E-state index contributed by atoms with van der Waals surface area (Å²) in [7, 11) is 0. The van der Waals surface area contributed by atoms with Crippen molar-refractivity contribution in [3.05, 3.63) is 23.7 Å². The third-order valence-electron chi connectivity index (χ3n) is 5.23. The molecule has 1 saturated carbocycles. The molecule has 0 bridgehead atoms. The number of amides is 1. The van der Waals surface area contributed by atoms with Crippen molar-refractivity contribution in [1.82, 2.24) is 9.80 Å². The van der Waals surface area contributed by atoms with E-state index in [1.165, 1.54) is 19.4 Å². The summed E-state index contributed by atoms with van der Waals surface area (Å²) in [5.41, 5.74) is 0.918. The Morgan fingerprint density at radius 1 is 1.32 bits per heavy atom. The van der Waals surface area contributed by atoms with Crippen LogP contribution in [-0.2, 0) is 4.74 Å². The molecule has 2 aliphatic heterocycles. The van der Waals surface area contributed by atoms with Crippen LogP contribution in [0.3, 0.4) is 0 Å². The number of fused-ring (bicyclic) bond motifs is 1. The van der Waals surface area contributed by atoms with Gasteiger partial charge in [0.25, 0.3) is 5.91 Å². The van der Waals surface area contributed by atoms with Crippen LogP contribution in [0.25, 0.3) is 0 Å². The van der Waals surface area contributed by atoms with Gasteiger partial charge in [-0.3, -0.25) is 9.69 Å². The van der Waals surface area contributed by atoms with Gasteiger partial charge in [0.2, 0.25) is 0 Å². The van der Waals surface area contributed by atoms with Crippen LogP contribution in [0, 0.1) is 12.8 Å². The fourth-order valence-corrected chi connectivity index (χ4v) is 3.72. The Balaban J connectivity index is 1.47. The molecule has 0 aromatic carbocycles. The molecule has 0 radical (unpaired) electrons. The molecule has 0 N–H and O–H groups in total. The molecule has 1 amide bonds. The molecule has 4 rings (SSSR count). The van der Waals surface area contributed by atoms with E-state index in [-0.39, 0.29) is 12.0 Å². The number of hydrogen-bond donors (Lipinski definition) is 0. The van der Waals surface area contributed by atoms with E-state index in [1.54, 1.807) is 6.26 Å². The summed E-state index contributed by atoms with van der Waals surface area (Å²) in [4.78, 5) is 17.2. The van der Waals surface area contributed by atoms with Gasteiger partial charge in [-0.1, -0.05) is 0 Å². The highest BCUT2D eigenvalue weighted by Crippen LogP contribution is 2.33. The van der Waals surface area contributed by atoms with Crippen molar-refractivity contribution in [1.29, 1.82) is 0 Å². The molecule has 3 fully saturated rings. The molecule has 3 heterocycles. The van der Waals surface area contributed by atoms with Gasteiger partial charge < -0.3 is 14.1 Å². The summed E-state index contributed by atoms with van der Waals surface area (Å²) in [6.07, 6.45) is 5.54. The van der Waals surface area contributed by atoms with E-state index >= 15 is 0 Å². The van der Waals surface area contributed by atoms with Gasteiger partial charge in [-0.25, -0.2) is 0 Å². The number of carbonyl (C=O) groups is 1. The monoisotopic (exact) mass is 304 g/mol. The maximum Gasteiger partial charge on any atom is 0.289 e. The largest absolute Gasteiger partial charge is 0.459 e. The van der Waals surface area contributed by atoms with E-state index in [2.05, 4.69) is 4.90 Å². The van der Waals surface area contributed by atoms with Gasteiger partial charge in [0, 0.05) is 31.7 Å². The number of rotatable bonds is 3. The number of nitrogens with zero attached hydrogens (tertiary/aromatic N) is 2. The molecule has 5 nitrogen and oxygen atoms in total. The summed E-state index contributed by atoms with van der Waals surface area (Å²) >= 11 is 0. The number of piperidine rings is 1. The average Bonchev–Trinajstić information content (AvgIpc) is 3.25. The molecular weight excluding hydrogens is 280 g/mol. The van der Waals surface area contributed by atoms with E-state index < -0.39 is 0 Å². The first-order valence-corrected chi connectivity index (χ1v) is 8.41. The smallest absolute Gasteiger partial charge is 0.289 e. The predicted molar refractivity (Wildman–Crippen MR) is 81.8 cm³/mol. The van der Waals surface area contributed by atoms with E-state index in [9.17, 15) is 4.79 Å². The molecule has 120 valence electrons. The predicted octanol–water partition coefficient (Wildman–Crippen LogP) is 1.91. The van der Waals surface area contributed by atoms with E-state index in [0.29, 0.717) is 11.8 Å². The second kappa shape index (κ2) is 5.70. The number of furan rings is 1. The fraction of sp³-hybridized carbons (Fsp3) is 0.706. The van der Waals surface area contributed by atoms with Crippen molar-refractivity contribution in [3.8, 4) is 0 Å². The molecular formula is C17H24N2O3. The highest BCUT2D eigenvalue weighted by atomic mass is 16.5. The molecule has 0 unspecified atom stereocenters. The summed E-state index contributed by atoms with van der Waals surface area (Å²) < 4.78 is 11.3. The lowest BCUT2D eigenvalue weighted by Crippen LogP contribution is -2.61. The normalized spacial score (nSPS) is 29.4. The first-order chi connectivity index (χ1) is 10.7. The highest BCUT2D eigenvalue weighted by Gasteiger charge is 2.40. The molecule has 1 aromatic heterocycles. The Morgan fingerprint density at radius 3 is 2.91 bits per heavy atom. The van der Waals surface area contributed by atoms with Crippen LogP contribution in [0.1, 0.15) is 35.4 Å². The Morgan fingerprint density at radius 2 is 2.18 bits per heavy atom. The number of likely N-dealkylation sites (tertiary alicyclic amines) is 1. The second-order valence-electron chi connectivity index (χ2n) is 6.89. The minimum atomic E-state index is 0.0258. The lowest BCUT2D eigenvalue weighted by molar-refractivity contribution is -0.0991. The van der Waals surface area contributed by atoms with Gasteiger partial charge in [0.15, 0.2) is 5.76 Å². The third-order valence-corrected chi connectivity index (χ3v) is 5.23. The van der Waals surface area contributed by atoms with Gasteiger partial charge in [0.1, 0.15) is 0 Å². The van der Waals surface area contributed by atoms with Gasteiger partial charge in [-0.2, -0.15) is 0 Å². The SMILES string of the molecule is Cc1ccoc1C(=O)N1CC[C@@H]2OCCN(CC3CC3)[C@H]2C1. The van der Waals surface area contributed by atoms with E-state index in [4.69, 9.17) is 9.15 Å². The van der Waals surface area contributed by atoms with Crippen LogP contribution in [0.15, 0.2) is 16.7 Å². The molecule has 1 aromatic rings. The maximum atomic E-state index is 12.7. The number of hydrogen-bond acceptors (Lipinski definition) is 4. The zero-order valence-electron chi connectivity index (χ0n) is 13.2. The van der Waals surface area contributed by atoms with Gasteiger partial charge in [0.05, 0.1) is 25.0 Å². The van der Waals surface area contributed by atoms with Crippen molar-refractivity contribution >= 4 is 5.91 Å². The molecule has 0 spiro atoms. The molecule has 2 saturated heterocycles. The van der Waals surface area contributed by atoms with Crippen molar-refractivity contribution < 1.29 is 13.9 Å². The quantitative estimate of drug-likeness (QED) is 0.856. The van der Waals surface area contributed by atoms with Crippen molar-refractivity contribution in [2.75, 3.05) is 32.8 Å². The Hall–Kier alpha value is -1.33. The van der Waals surface area contributed by atoms with Crippen molar-refractivity contribution in [2.45, 2.75) is 38.3 Å². The first-order valence-electron chi connectivity index (χ1n) is 8.41. The minimum Gasteiger partial charge on any atom is -0.459 e. The molecule has 3 aliphatic rings. The van der Waals surface area contributed by atoms with E-state index in [1.807, 2.05) is 17.9 Å². The summed E-state index contributed by atoms with van der Waals surface area (Å²) in [5.74, 6) is 1.39. The lowest BCUT2D eigenvalue weighted by atomic mass is 9.98. The first kappa shape index (κ1) is 14.3. The number of morpholine rings is 1. The fourth-order valence-electron chi connectivity index (χ4n) is 3.72. The lowest BCUT2D eigenvalue weighted by Gasteiger charge is -2.47. The summed E-state index contributed by atoms with van der Waals surface area (Å²) in [6.45, 7) is 6.45. The number of aryl methyl sites for hydroxylation is 1. The van der Waals surface area contributed by atoms with Crippen LogP contribution in [0.4, 0.5) is 0 Å². The Labute approximate surface area is 131 Å². The van der Waals surface area contributed by atoms with E-state index in [0.717, 1.165) is 44.1 Å². The standard InChI is InChI=1S/C17H24N2O3/c1-12-5-8-22-16(12)17(20)19-6-4-15-14(11-19)18(7-9-21-15)10-13-2-3-13/h5,8,13-15H,2-4,6-7,9-11H2,1H3/t14-,15-/m0/s1. The van der Waals surface area contributed by atoms with Gasteiger partial charge in [-0.15, -0.1) is 0 Å². The minimum absolute atomic E-state index is 0.0258.